The van der Waals surface area contributed by atoms with E-state index in [4.69, 9.17) is 16.6 Å². The van der Waals surface area contributed by atoms with Gasteiger partial charge in [0, 0.05) is 18.5 Å². The van der Waals surface area contributed by atoms with Crippen molar-refractivity contribution in [1.82, 2.24) is 30.2 Å². The number of imidazole rings is 1. The second-order valence-corrected chi connectivity index (χ2v) is 8.39. The van der Waals surface area contributed by atoms with Gasteiger partial charge in [0.2, 0.25) is 5.82 Å². The molecular formula is C27H35ClN6. The third kappa shape index (κ3) is 6.11. The van der Waals surface area contributed by atoms with Crippen molar-refractivity contribution in [3.05, 3.63) is 70.8 Å². The highest BCUT2D eigenvalue weighted by molar-refractivity contribution is 6.30. The van der Waals surface area contributed by atoms with Crippen LogP contribution in [0.5, 0.6) is 0 Å². The van der Waals surface area contributed by atoms with E-state index in [0.29, 0.717) is 11.0 Å². The van der Waals surface area contributed by atoms with Crippen LogP contribution in [0.4, 0.5) is 0 Å². The second-order valence-electron chi connectivity index (χ2n) is 8.04. The summed E-state index contributed by atoms with van der Waals surface area (Å²) in [6, 6.07) is 16.8. The lowest BCUT2D eigenvalue weighted by molar-refractivity contribution is 0.641. The Bertz CT molecular complexity index is 1130. The predicted octanol–water partition coefficient (Wildman–Crippen LogP) is 7.14. The largest absolute Gasteiger partial charge is 0.326 e. The number of unbranched alkanes of at least 4 members (excludes halogenated alkanes) is 2. The van der Waals surface area contributed by atoms with Gasteiger partial charge in [0.1, 0.15) is 5.82 Å². The summed E-state index contributed by atoms with van der Waals surface area (Å²) in [6.07, 6.45) is 6.43. The number of hydrogen-bond donors (Lipinski definition) is 1. The summed E-state index contributed by atoms with van der Waals surface area (Å²) in [5.74, 6) is 1.69. The summed E-state index contributed by atoms with van der Waals surface area (Å²) in [5, 5.41) is 15.2. The molecule has 0 amide bonds. The summed E-state index contributed by atoms with van der Waals surface area (Å²) in [5.41, 5.74) is 5.55. The van der Waals surface area contributed by atoms with Crippen LogP contribution < -0.4 is 0 Å². The molecule has 0 aliphatic heterocycles. The highest BCUT2D eigenvalue weighted by Gasteiger charge is 2.16. The Balaban J connectivity index is 0.00000158. The van der Waals surface area contributed by atoms with Crippen LogP contribution in [0.1, 0.15) is 70.5 Å². The second kappa shape index (κ2) is 13.0. The Morgan fingerprint density at radius 3 is 2.21 bits per heavy atom. The first kappa shape index (κ1) is 25.6. The molecule has 2 heterocycles. The van der Waals surface area contributed by atoms with Gasteiger partial charge in [-0.05, 0) is 41.2 Å². The fraction of sp³-hybridized carbons (Fsp3) is 0.407. The Morgan fingerprint density at radius 2 is 1.56 bits per heavy atom. The molecule has 34 heavy (non-hydrogen) atoms. The zero-order valence-electron chi connectivity index (χ0n) is 20.7. The first-order chi connectivity index (χ1) is 16.7. The Hall–Kier alpha value is -2.99. The maximum atomic E-state index is 6.55. The zero-order valence-corrected chi connectivity index (χ0v) is 21.4. The van der Waals surface area contributed by atoms with E-state index in [2.05, 4.69) is 69.4 Å². The summed E-state index contributed by atoms with van der Waals surface area (Å²) in [7, 11) is 0. The topological polar surface area (TPSA) is 72.3 Å². The highest BCUT2D eigenvalue weighted by Crippen LogP contribution is 2.30. The van der Waals surface area contributed by atoms with Crippen LogP contribution in [0.15, 0.2) is 48.5 Å². The number of rotatable bonds is 10. The number of aryl methyl sites for hydroxylation is 1. The molecule has 0 aliphatic carbocycles. The van der Waals surface area contributed by atoms with Crippen molar-refractivity contribution in [2.24, 2.45) is 0 Å². The number of aromatic amines is 1. The summed E-state index contributed by atoms with van der Waals surface area (Å²) >= 11 is 6.55. The first-order valence-corrected chi connectivity index (χ1v) is 12.7. The van der Waals surface area contributed by atoms with Gasteiger partial charge in [0.25, 0.3) is 0 Å². The number of benzene rings is 2. The maximum Gasteiger partial charge on any atom is 0.205 e. The van der Waals surface area contributed by atoms with E-state index in [9.17, 15) is 0 Å². The van der Waals surface area contributed by atoms with Crippen LogP contribution >= 0.6 is 11.6 Å². The lowest BCUT2D eigenvalue weighted by Crippen LogP contribution is -2.09. The van der Waals surface area contributed by atoms with Gasteiger partial charge < -0.3 is 4.57 Å². The average molecular weight is 479 g/mol. The lowest BCUT2D eigenvalue weighted by Gasteiger charge is -2.13. The monoisotopic (exact) mass is 478 g/mol. The number of nitrogens with one attached hydrogen (secondary N) is 1. The van der Waals surface area contributed by atoms with E-state index < -0.39 is 0 Å². The zero-order chi connectivity index (χ0) is 24.3. The number of halogens is 1. The molecule has 0 saturated carbocycles. The molecule has 2 aromatic carbocycles. The van der Waals surface area contributed by atoms with Crippen molar-refractivity contribution in [3.8, 4) is 22.5 Å². The van der Waals surface area contributed by atoms with Crippen molar-refractivity contribution in [1.29, 1.82) is 0 Å². The number of nitrogens with zero attached hydrogens (tertiary/aromatic N) is 5. The van der Waals surface area contributed by atoms with E-state index in [1.165, 1.54) is 5.56 Å². The van der Waals surface area contributed by atoms with Crippen LogP contribution in [0.3, 0.4) is 0 Å². The van der Waals surface area contributed by atoms with Gasteiger partial charge in [0.15, 0.2) is 5.15 Å². The smallest absolute Gasteiger partial charge is 0.205 e. The van der Waals surface area contributed by atoms with Crippen LogP contribution in [0, 0.1) is 0 Å². The Labute approximate surface area is 207 Å². The molecule has 4 aromatic rings. The van der Waals surface area contributed by atoms with Gasteiger partial charge in [-0.15, -0.1) is 10.2 Å². The van der Waals surface area contributed by atoms with Gasteiger partial charge in [0.05, 0.1) is 5.69 Å². The quantitative estimate of drug-likeness (QED) is 0.263. The minimum absolute atomic E-state index is 0.596. The molecule has 2 aromatic heterocycles. The first-order valence-electron chi connectivity index (χ1n) is 12.4. The minimum Gasteiger partial charge on any atom is -0.326 e. The van der Waals surface area contributed by atoms with Crippen LogP contribution in [-0.2, 0) is 19.4 Å². The minimum atomic E-state index is 0.596. The SMILES string of the molecule is CC.CCCCc1nc(Cl)c(CCCC)n1Cc1ccc(-c2ccccc2-c2nn[nH]n2)cc1. The van der Waals surface area contributed by atoms with E-state index >= 15 is 0 Å². The van der Waals surface area contributed by atoms with Gasteiger partial charge in [-0.1, -0.05) is 101 Å². The molecule has 4 rings (SSSR count). The standard InChI is InChI=1S/C25H29ClN6.C2H6/c1-3-5-11-22-24(26)27-23(12-6-4-2)32(22)17-18-13-15-19(16-14-18)20-9-7-8-10-21(20)25-28-30-31-29-25;1-2/h7-10,13-16H,3-6,11-12,17H2,1-2H3,(H,28,29,30,31);1-2H3. The van der Waals surface area contributed by atoms with Crippen molar-refractivity contribution >= 4 is 11.6 Å². The van der Waals surface area contributed by atoms with E-state index in [-0.39, 0.29) is 0 Å². The Morgan fingerprint density at radius 1 is 0.882 bits per heavy atom. The van der Waals surface area contributed by atoms with Crippen molar-refractivity contribution in [3.63, 3.8) is 0 Å². The van der Waals surface area contributed by atoms with Crippen molar-refractivity contribution < 1.29 is 0 Å². The van der Waals surface area contributed by atoms with Crippen LogP contribution in [-0.4, -0.2) is 30.2 Å². The predicted molar refractivity (Wildman–Crippen MR) is 140 cm³/mol. The third-order valence-corrected chi connectivity index (χ3v) is 6.05. The van der Waals surface area contributed by atoms with Gasteiger partial charge >= 0.3 is 0 Å². The van der Waals surface area contributed by atoms with Crippen molar-refractivity contribution in [2.75, 3.05) is 0 Å². The molecule has 6 nitrogen and oxygen atoms in total. The molecule has 180 valence electrons. The molecule has 1 N–H and O–H groups in total. The molecule has 0 fully saturated rings. The summed E-state index contributed by atoms with van der Waals surface area (Å²) in [4.78, 5) is 4.71. The number of H-pyrrole nitrogens is 1. The van der Waals surface area contributed by atoms with Crippen LogP contribution in [0.25, 0.3) is 22.5 Å². The molecule has 0 saturated heterocycles. The number of hydrogen-bond acceptors (Lipinski definition) is 4. The van der Waals surface area contributed by atoms with E-state index in [0.717, 1.165) is 73.3 Å². The van der Waals surface area contributed by atoms with Gasteiger partial charge in [-0.3, -0.25) is 0 Å². The van der Waals surface area contributed by atoms with Crippen molar-refractivity contribution in [2.45, 2.75) is 72.8 Å². The fourth-order valence-electron chi connectivity index (χ4n) is 3.98. The van der Waals surface area contributed by atoms with E-state index in [1.807, 2.05) is 32.0 Å². The third-order valence-electron chi connectivity index (χ3n) is 5.74. The number of aromatic nitrogens is 6. The maximum absolute atomic E-state index is 6.55. The average Bonchev–Trinajstić information content (AvgIpc) is 3.52. The highest BCUT2D eigenvalue weighted by atomic mass is 35.5. The normalized spacial score (nSPS) is 10.7. The molecule has 0 radical (unpaired) electrons. The summed E-state index contributed by atoms with van der Waals surface area (Å²) < 4.78 is 2.33. The lowest BCUT2D eigenvalue weighted by atomic mass is 9.98. The van der Waals surface area contributed by atoms with Gasteiger partial charge in [-0.2, -0.15) is 5.21 Å². The molecule has 0 aliphatic rings. The van der Waals surface area contributed by atoms with E-state index in [1.54, 1.807) is 0 Å². The molecular weight excluding hydrogens is 444 g/mol. The fourth-order valence-corrected chi connectivity index (χ4v) is 4.27. The molecule has 0 spiro atoms. The Kier molecular flexibility index (Phi) is 9.83. The number of tetrazole rings is 1. The van der Waals surface area contributed by atoms with Crippen LogP contribution in [0.2, 0.25) is 5.15 Å². The van der Waals surface area contributed by atoms with Gasteiger partial charge in [-0.25, -0.2) is 4.98 Å². The molecule has 0 bridgehead atoms. The molecule has 0 unspecified atom stereocenters. The molecule has 0 atom stereocenters. The molecule has 7 heteroatoms. The summed E-state index contributed by atoms with van der Waals surface area (Å²) in [6.45, 7) is 9.19.